The Balaban J connectivity index is 1.91. The van der Waals surface area contributed by atoms with Crippen LogP contribution in [0.15, 0.2) is 12.4 Å². The van der Waals surface area contributed by atoms with Gasteiger partial charge in [0, 0.05) is 18.3 Å². The van der Waals surface area contributed by atoms with Crippen LogP contribution in [0.2, 0.25) is 0 Å². The Morgan fingerprint density at radius 2 is 2.21 bits per heavy atom. The van der Waals surface area contributed by atoms with Crippen molar-refractivity contribution in [1.29, 1.82) is 0 Å². The van der Waals surface area contributed by atoms with E-state index < -0.39 is 5.97 Å². The fourth-order valence-electron chi connectivity index (χ4n) is 2.57. The van der Waals surface area contributed by atoms with Gasteiger partial charge in [-0.1, -0.05) is 6.42 Å². The molecule has 1 aromatic heterocycles. The molecule has 104 valence electrons. The fourth-order valence-corrected chi connectivity index (χ4v) is 2.57. The molecular formula is C13H19N3O3. The van der Waals surface area contributed by atoms with Crippen molar-refractivity contribution in [1.82, 2.24) is 15.3 Å². The van der Waals surface area contributed by atoms with E-state index in [-0.39, 0.29) is 23.8 Å². The van der Waals surface area contributed by atoms with Crippen LogP contribution in [0, 0.1) is 11.8 Å². The van der Waals surface area contributed by atoms with Crippen LogP contribution in [0.1, 0.15) is 44.5 Å². The maximum atomic E-state index is 12.1. The van der Waals surface area contributed by atoms with E-state index in [9.17, 15) is 9.59 Å². The second-order valence-corrected chi connectivity index (χ2v) is 5.10. The van der Waals surface area contributed by atoms with Crippen molar-refractivity contribution in [2.24, 2.45) is 11.8 Å². The molecule has 0 saturated heterocycles. The Hall–Kier alpha value is -1.85. The molecule has 0 radical (unpaired) electrons. The molecule has 0 bridgehead atoms. The average Bonchev–Trinajstić information content (AvgIpc) is 2.92. The zero-order valence-corrected chi connectivity index (χ0v) is 10.9. The van der Waals surface area contributed by atoms with E-state index in [1.54, 1.807) is 12.4 Å². The summed E-state index contributed by atoms with van der Waals surface area (Å²) in [6, 6.07) is -0.187. The first-order valence-corrected chi connectivity index (χ1v) is 6.60. The van der Waals surface area contributed by atoms with Crippen LogP contribution >= 0.6 is 0 Å². The molecule has 1 aliphatic carbocycles. The lowest BCUT2D eigenvalue weighted by Crippen LogP contribution is -2.37. The summed E-state index contributed by atoms with van der Waals surface area (Å²) in [7, 11) is 0. The molecule has 3 N–H and O–H groups in total. The van der Waals surface area contributed by atoms with Gasteiger partial charge in [-0.25, -0.2) is 4.98 Å². The van der Waals surface area contributed by atoms with Gasteiger partial charge in [0.15, 0.2) is 0 Å². The van der Waals surface area contributed by atoms with Crippen molar-refractivity contribution in [3.05, 3.63) is 18.2 Å². The largest absolute Gasteiger partial charge is 0.481 e. The molecule has 0 aliphatic heterocycles. The van der Waals surface area contributed by atoms with Gasteiger partial charge in [-0.05, 0) is 26.2 Å². The highest BCUT2D eigenvalue weighted by molar-refractivity contribution is 5.80. The van der Waals surface area contributed by atoms with Gasteiger partial charge in [0.2, 0.25) is 5.91 Å². The van der Waals surface area contributed by atoms with Crippen molar-refractivity contribution in [2.45, 2.75) is 38.6 Å². The number of carboxylic acids is 1. The number of nitrogens with zero attached hydrogens (tertiary/aromatic N) is 1. The summed E-state index contributed by atoms with van der Waals surface area (Å²) in [6.45, 7) is 1.86. The van der Waals surface area contributed by atoms with Crippen LogP contribution in [0.5, 0.6) is 0 Å². The maximum absolute atomic E-state index is 12.1. The highest BCUT2D eigenvalue weighted by atomic mass is 16.4. The SMILES string of the molecule is CC(NC(=O)C1CCCC(C(=O)O)C1)c1ncc[nH]1. The Bertz CT molecular complexity index is 444. The maximum Gasteiger partial charge on any atom is 0.306 e. The van der Waals surface area contributed by atoms with Crippen LogP contribution in [0.4, 0.5) is 0 Å². The summed E-state index contributed by atoms with van der Waals surface area (Å²) >= 11 is 0. The molecule has 1 aliphatic rings. The van der Waals surface area contributed by atoms with Crippen molar-refractivity contribution in [3.8, 4) is 0 Å². The van der Waals surface area contributed by atoms with Crippen LogP contribution in [-0.4, -0.2) is 27.0 Å². The summed E-state index contributed by atoms with van der Waals surface area (Å²) in [4.78, 5) is 30.2. The van der Waals surface area contributed by atoms with Gasteiger partial charge < -0.3 is 15.4 Å². The van der Waals surface area contributed by atoms with Gasteiger partial charge in [0.05, 0.1) is 12.0 Å². The van der Waals surface area contributed by atoms with Gasteiger partial charge in [0.25, 0.3) is 0 Å². The minimum absolute atomic E-state index is 0.0742. The molecule has 0 aromatic carbocycles. The molecule has 6 heteroatoms. The van der Waals surface area contributed by atoms with E-state index in [2.05, 4.69) is 15.3 Å². The van der Waals surface area contributed by atoms with Crippen molar-refractivity contribution < 1.29 is 14.7 Å². The third-order valence-electron chi connectivity index (χ3n) is 3.68. The van der Waals surface area contributed by atoms with Crippen LogP contribution in [0.25, 0.3) is 0 Å². The molecule has 6 nitrogen and oxygen atoms in total. The predicted octanol–water partition coefficient (Wildman–Crippen LogP) is 1.48. The average molecular weight is 265 g/mol. The molecule has 1 heterocycles. The number of hydrogen-bond donors (Lipinski definition) is 3. The van der Waals surface area contributed by atoms with Gasteiger partial charge in [-0.2, -0.15) is 0 Å². The third kappa shape index (κ3) is 3.33. The number of imidazole rings is 1. The van der Waals surface area contributed by atoms with Gasteiger partial charge in [-0.15, -0.1) is 0 Å². The van der Waals surface area contributed by atoms with Crippen molar-refractivity contribution in [3.63, 3.8) is 0 Å². The lowest BCUT2D eigenvalue weighted by molar-refractivity contribution is -0.144. The lowest BCUT2D eigenvalue weighted by Gasteiger charge is -2.26. The second-order valence-electron chi connectivity index (χ2n) is 5.10. The zero-order valence-electron chi connectivity index (χ0n) is 10.9. The number of rotatable bonds is 4. The molecule has 1 saturated carbocycles. The Morgan fingerprint density at radius 1 is 1.47 bits per heavy atom. The Morgan fingerprint density at radius 3 is 2.84 bits per heavy atom. The summed E-state index contributed by atoms with van der Waals surface area (Å²) in [5, 5.41) is 11.9. The van der Waals surface area contributed by atoms with E-state index in [0.29, 0.717) is 18.7 Å². The zero-order chi connectivity index (χ0) is 13.8. The minimum atomic E-state index is -0.795. The van der Waals surface area contributed by atoms with Gasteiger partial charge in [0.1, 0.15) is 5.82 Å². The Labute approximate surface area is 111 Å². The number of carbonyl (C=O) groups is 2. The normalized spacial score (nSPS) is 24.7. The number of aromatic amines is 1. The second kappa shape index (κ2) is 5.86. The molecule has 2 rings (SSSR count). The van der Waals surface area contributed by atoms with E-state index in [4.69, 9.17) is 5.11 Å². The van der Waals surface area contributed by atoms with E-state index in [1.807, 2.05) is 6.92 Å². The molecule has 1 aromatic rings. The highest BCUT2D eigenvalue weighted by Crippen LogP contribution is 2.29. The lowest BCUT2D eigenvalue weighted by atomic mass is 9.81. The minimum Gasteiger partial charge on any atom is -0.481 e. The first-order chi connectivity index (χ1) is 9.08. The molecule has 19 heavy (non-hydrogen) atoms. The van der Waals surface area contributed by atoms with E-state index >= 15 is 0 Å². The third-order valence-corrected chi connectivity index (χ3v) is 3.68. The molecule has 1 amide bonds. The standard InChI is InChI=1S/C13H19N3O3/c1-8(11-14-5-6-15-11)16-12(17)9-3-2-4-10(7-9)13(18)19/h5-6,8-10H,2-4,7H2,1H3,(H,14,15)(H,16,17)(H,18,19). The molecule has 3 atom stereocenters. The monoisotopic (exact) mass is 265 g/mol. The molecular weight excluding hydrogens is 246 g/mol. The molecule has 1 fully saturated rings. The topological polar surface area (TPSA) is 95.1 Å². The number of aliphatic carboxylic acids is 1. The number of carbonyl (C=O) groups excluding carboxylic acids is 1. The molecule has 0 spiro atoms. The summed E-state index contributed by atoms with van der Waals surface area (Å²) < 4.78 is 0. The number of carboxylic acid groups (broad SMARTS) is 1. The number of hydrogen-bond acceptors (Lipinski definition) is 3. The first-order valence-electron chi connectivity index (χ1n) is 6.60. The van der Waals surface area contributed by atoms with Gasteiger partial charge >= 0.3 is 5.97 Å². The van der Waals surface area contributed by atoms with Crippen molar-refractivity contribution >= 4 is 11.9 Å². The fraction of sp³-hybridized carbons (Fsp3) is 0.615. The smallest absolute Gasteiger partial charge is 0.306 e. The van der Waals surface area contributed by atoms with Crippen molar-refractivity contribution in [2.75, 3.05) is 0 Å². The summed E-state index contributed by atoms with van der Waals surface area (Å²) in [6.07, 6.45) is 6.02. The van der Waals surface area contributed by atoms with E-state index in [1.165, 1.54) is 0 Å². The van der Waals surface area contributed by atoms with Crippen LogP contribution in [-0.2, 0) is 9.59 Å². The number of nitrogens with one attached hydrogen (secondary N) is 2. The number of aromatic nitrogens is 2. The Kier molecular flexibility index (Phi) is 4.19. The first kappa shape index (κ1) is 13.6. The number of amides is 1. The summed E-state index contributed by atoms with van der Waals surface area (Å²) in [5.74, 6) is -0.749. The van der Waals surface area contributed by atoms with Gasteiger partial charge in [-0.3, -0.25) is 9.59 Å². The van der Waals surface area contributed by atoms with E-state index in [0.717, 1.165) is 12.8 Å². The van der Waals surface area contributed by atoms with Crippen LogP contribution in [0.3, 0.4) is 0 Å². The highest BCUT2D eigenvalue weighted by Gasteiger charge is 2.31. The summed E-state index contributed by atoms with van der Waals surface area (Å²) in [5.41, 5.74) is 0. The quantitative estimate of drug-likeness (QED) is 0.768. The number of H-pyrrole nitrogens is 1. The molecule has 3 unspecified atom stereocenters. The predicted molar refractivity (Wildman–Crippen MR) is 68.2 cm³/mol. The van der Waals surface area contributed by atoms with Crippen LogP contribution < -0.4 is 5.32 Å².